The van der Waals surface area contributed by atoms with Gasteiger partial charge in [-0.1, -0.05) is 6.08 Å². The van der Waals surface area contributed by atoms with Crippen LogP contribution in [-0.4, -0.2) is 29.8 Å². The van der Waals surface area contributed by atoms with Gasteiger partial charge in [-0.15, -0.1) is 0 Å². The van der Waals surface area contributed by atoms with E-state index in [1.165, 1.54) is 31.2 Å². The fourth-order valence-electron chi connectivity index (χ4n) is 3.52. The molecule has 1 aliphatic carbocycles. The third kappa shape index (κ3) is 3.84. The zero-order valence-corrected chi connectivity index (χ0v) is 13.4. The van der Waals surface area contributed by atoms with Crippen molar-refractivity contribution in [2.75, 3.05) is 13.1 Å². The summed E-state index contributed by atoms with van der Waals surface area (Å²) in [7, 11) is 0. The summed E-state index contributed by atoms with van der Waals surface area (Å²) in [6.07, 6.45) is 10.7. The van der Waals surface area contributed by atoms with Gasteiger partial charge >= 0.3 is 0 Å². The van der Waals surface area contributed by atoms with Gasteiger partial charge in [0.25, 0.3) is 5.91 Å². The molecular weight excluding hydrogens is 292 g/mol. The van der Waals surface area contributed by atoms with Gasteiger partial charge < -0.3 is 14.6 Å². The lowest BCUT2D eigenvalue weighted by molar-refractivity contribution is -0.130. The first kappa shape index (κ1) is 15.8. The summed E-state index contributed by atoms with van der Waals surface area (Å²) in [5, 5.41) is 2.78. The topological polar surface area (TPSA) is 62.6 Å². The second-order valence-electron chi connectivity index (χ2n) is 6.28. The second kappa shape index (κ2) is 7.49. The number of rotatable bonds is 5. The Morgan fingerprint density at radius 1 is 1.30 bits per heavy atom. The Hall–Kier alpha value is -2.04. The van der Waals surface area contributed by atoms with E-state index in [1.54, 1.807) is 12.1 Å². The molecule has 0 bridgehead atoms. The summed E-state index contributed by atoms with van der Waals surface area (Å²) in [5.74, 6) is 0.855. The summed E-state index contributed by atoms with van der Waals surface area (Å²) in [5.41, 5.74) is 1.26. The number of fused-ring (bicyclic) bond motifs is 1. The van der Waals surface area contributed by atoms with Crippen molar-refractivity contribution < 1.29 is 14.0 Å². The molecule has 1 aliphatic heterocycles. The number of allylic oxidation sites excluding steroid dienone is 2. The quantitative estimate of drug-likeness (QED) is 0.849. The van der Waals surface area contributed by atoms with Crippen molar-refractivity contribution in [1.29, 1.82) is 0 Å². The van der Waals surface area contributed by atoms with Crippen LogP contribution in [0.15, 0.2) is 34.6 Å². The van der Waals surface area contributed by atoms with Crippen LogP contribution in [0.25, 0.3) is 0 Å². The number of hydrogen-bond donors (Lipinski definition) is 1. The fraction of sp³-hybridized carbons (Fsp3) is 0.556. The Balaban J connectivity index is 1.44. The van der Waals surface area contributed by atoms with Crippen LogP contribution in [0.1, 0.15) is 55.5 Å². The van der Waals surface area contributed by atoms with Crippen molar-refractivity contribution in [3.8, 4) is 0 Å². The molecule has 1 saturated heterocycles. The highest BCUT2D eigenvalue weighted by atomic mass is 16.3. The normalized spacial score (nSPS) is 20.6. The van der Waals surface area contributed by atoms with Crippen LogP contribution in [0.2, 0.25) is 0 Å². The molecule has 0 saturated carbocycles. The maximum atomic E-state index is 12.5. The Morgan fingerprint density at radius 2 is 2.17 bits per heavy atom. The van der Waals surface area contributed by atoms with Gasteiger partial charge in [0.05, 0.1) is 6.26 Å². The minimum Gasteiger partial charge on any atom is -0.459 e. The number of furan rings is 1. The maximum Gasteiger partial charge on any atom is 0.286 e. The molecule has 5 nitrogen and oxygen atoms in total. The molecule has 124 valence electrons. The van der Waals surface area contributed by atoms with Crippen LogP contribution < -0.4 is 5.32 Å². The van der Waals surface area contributed by atoms with E-state index in [-0.39, 0.29) is 11.8 Å². The zero-order valence-electron chi connectivity index (χ0n) is 13.4. The average Bonchev–Trinajstić information content (AvgIpc) is 3.12. The number of hydrogen-bond acceptors (Lipinski definition) is 3. The first-order chi connectivity index (χ1) is 11.3. The predicted octanol–water partition coefficient (Wildman–Crippen LogP) is 3.10. The van der Waals surface area contributed by atoms with Crippen LogP contribution in [0.3, 0.4) is 0 Å². The Morgan fingerprint density at radius 3 is 3.00 bits per heavy atom. The molecule has 1 atom stereocenters. The summed E-state index contributed by atoms with van der Waals surface area (Å²) in [6, 6.07) is 3.31. The molecular formula is C18H24N2O3. The molecule has 0 spiro atoms. The standard InChI is InChI=1S/C18H24N2O3/c21-17(10-3-11-19-18(22)16-9-5-13-23-16)20-12-4-7-14-6-1-2-8-15(14)20/h5,8-9,13-14H,1-4,6-7,10-12H2,(H,19,22). The van der Waals surface area contributed by atoms with Crippen molar-refractivity contribution in [3.05, 3.63) is 35.9 Å². The zero-order chi connectivity index (χ0) is 16.1. The molecule has 1 aromatic rings. The molecule has 3 rings (SSSR count). The second-order valence-corrected chi connectivity index (χ2v) is 6.28. The number of carbonyl (C=O) groups excluding carboxylic acids is 2. The van der Waals surface area contributed by atoms with Gasteiger partial charge in [-0.25, -0.2) is 0 Å². The number of piperidine rings is 1. The van der Waals surface area contributed by atoms with E-state index in [4.69, 9.17) is 4.42 Å². The highest BCUT2D eigenvalue weighted by Crippen LogP contribution is 2.35. The van der Waals surface area contributed by atoms with Gasteiger partial charge in [-0.3, -0.25) is 9.59 Å². The van der Waals surface area contributed by atoms with Gasteiger partial charge in [-0.05, 0) is 56.6 Å². The molecule has 0 radical (unpaired) electrons. The summed E-state index contributed by atoms with van der Waals surface area (Å²) in [6.45, 7) is 1.33. The number of amides is 2. The van der Waals surface area contributed by atoms with E-state index >= 15 is 0 Å². The highest BCUT2D eigenvalue weighted by Gasteiger charge is 2.29. The van der Waals surface area contributed by atoms with E-state index in [0.717, 1.165) is 19.4 Å². The minimum atomic E-state index is -0.226. The number of carbonyl (C=O) groups is 2. The van der Waals surface area contributed by atoms with Gasteiger partial charge in [0, 0.05) is 25.2 Å². The summed E-state index contributed by atoms with van der Waals surface area (Å²) in [4.78, 5) is 26.2. The SMILES string of the molecule is O=C(NCCCC(=O)N1CCCC2CCCC=C21)c1ccco1. The van der Waals surface area contributed by atoms with Crippen LogP contribution in [0.5, 0.6) is 0 Å². The van der Waals surface area contributed by atoms with E-state index < -0.39 is 0 Å². The maximum absolute atomic E-state index is 12.5. The monoisotopic (exact) mass is 316 g/mol. The number of likely N-dealkylation sites (tertiary alicyclic amines) is 1. The lowest BCUT2D eigenvalue weighted by Gasteiger charge is -2.38. The van der Waals surface area contributed by atoms with Crippen molar-refractivity contribution >= 4 is 11.8 Å². The molecule has 1 fully saturated rings. The lowest BCUT2D eigenvalue weighted by atomic mass is 9.85. The molecule has 1 aromatic heterocycles. The van der Waals surface area contributed by atoms with Gasteiger partial charge in [0.15, 0.2) is 5.76 Å². The fourth-order valence-corrected chi connectivity index (χ4v) is 3.52. The first-order valence-corrected chi connectivity index (χ1v) is 8.58. The van der Waals surface area contributed by atoms with Gasteiger partial charge in [0.1, 0.15) is 0 Å². The molecule has 1 unspecified atom stereocenters. The van der Waals surface area contributed by atoms with Gasteiger partial charge in [-0.2, -0.15) is 0 Å². The Bertz CT molecular complexity index is 577. The van der Waals surface area contributed by atoms with Crippen LogP contribution in [-0.2, 0) is 4.79 Å². The molecule has 5 heteroatoms. The van der Waals surface area contributed by atoms with E-state index in [9.17, 15) is 9.59 Å². The summed E-state index contributed by atoms with van der Waals surface area (Å²) >= 11 is 0. The summed E-state index contributed by atoms with van der Waals surface area (Å²) < 4.78 is 5.03. The molecule has 2 amide bonds. The van der Waals surface area contributed by atoms with Crippen LogP contribution >= 0.6 is 0 Å². The highest BCUT2D eigenvalue weighted by molar-refractivity contribution is 5.91. The molecule has 23 heavy (non-hydrogen) atoms. The Kier molecular flexibility index (Phi) is 5.16. The average molecular weight is 316 g/mol. The van der Waals surface area contributed by atoms with Crippen LogP contribution in [0.4, 0.5) is 0 Å². The van der Waals surface area contributed by atoms with Crippen molar-refractivity contribution in [2.24, 2.45) is 5.92 Å². The number of nitrogens with zero attached hydrogens (tertiary/aromatic N) is 1. The molecule has 0 aromatic carbocycles. The predicted molar refractivity (Wildman–Crippen MR) is 86.6 cm³/mol. The van der Waals surface area contributed by atoms with Crippen molar-refractivity contribution in [3.63, 3.8) is 0 Å². The molecule has 2 aliphatic rings. The minimum absolute atomic E-state index is 0.190. The van der Waals surface area contributed by atoms with Crippen LogP contribution in [0, 0.1) is 5.92 Å². The van der Waals surface area contributed by atoms with E-state index in [2.05, 4.69) is 11.4 Å². The molecule has 1 N–H and O–H groups in total. The lowest BCUT2D eigenvalue weighted by Crippen LogP contribution is -2.39. The third-order valence-electron chi connectivity index (χ3n) is 4.67. The third-order valence-corrected chi connectivity index (χ3v) is 4.67. The van der Waals surface area contributed by atoms with Crippen molar-refractivity contribution in [2.45, 2.75) is 44.9 Å². The van der Waals surface area contributed by atoms with Crippen molar-refractivity contribution in [1.82, 2.24) is 10.2 Å². The van der Waals surface area contributed by atoms with Gasteiger partial charge in [0.2, 0.25) is 5.91 Å². The van der Waals surface area contributed by atoms with E-state index in [1.807, 2.05) is 4.90 Å². The van der Waals surface area contributed by atoms with E-state index in [0.29, 0.717) is 31.1 Å². The molecule has 2 heterocycles. The number of nitrogens with one attached hydrogen (secondary N) is 1. The smallest absolute Gasteiger partial charge is 0.286 e. The largest absolute Gasteiger partial charge is 0.459 e. The Labute approximate surface area is 136 Å². The first-order valence-electron chi connectivity index (χ1n) is 8.58.